The Hall–Kier alpha value is -1.41. The maximum atomic E-state index is 11.6. The molecule has 0 aliphatic heterocycles. The first kappa shape index (κ1) is 16.6. The molecule has 0 atom stereocenters. The summed E-state index contributed by atoms with van der Waals surface area (Å²) in [6.07, 6.45) is 0.0643. The van der Waals surface area contributed by atoms with E-state index in [2.05, 4.69) is 42.5 Å². The van der Waals surface area contributed by atoms with Gasteiger partial charge in [0, 0.05) is 21.8 Å². The van der Waals surface area contributed by atoms with Crippen molar-refractivity contribution < 1.29 is 19.5 Å². The van der Waals surface area contributed by atoms with Crippen molar-refractivity contribution in [2.45, 2.75) is 19.3 Å². The van der Waals surface area contributed by atoms with E-state index in [-0.39, 0.29) is 19.3 Å². The third-order valence-electron chi connectivity index (χ3n) is 2.25. The number of para-hydroxylation sites is 1. The van der Waals surface area contributed by atoms with E-state index in [1.54, 1.807) is 18.2 Å². The molecular formula is C12H12Br2N2O4. The molecular weight excluding hydrogens is 396 g/mol. The molecule has 0 unspecified atom stereocenters. The first-order chi connectivity index (χ1) is 9.40. The number of amides is 3. The van der Waals surface area contributed by atoms with E-state index in [1.165, 1.54) is 0 Å². The summed E-state index contributed by atoms with van der Waals surface area (Å²) in [5.74, 6) is -1.49. The highest BCUT2D eigenvalue weighted by Gasteiger charge is 2.12. The van der Waals surface area contributed by atoms with Gasteiger partial charge in [0.1, 0.15) is 0 Å². The average Bonchev–Trinajstić information content (AvgIpc) is 2.33. The lowest BCUT2D eigenvalue weighted by Crippen LogP contribution is -2.34. The Morgan fingerprint density at radius 1 is 1.10 bits per heavy atom. The first-order valence-corrected chi connectivity index (χ1v) is 7.25. The number of carbonyl (C=O) groups is 3. The summed E-state index contributed by atoms with van der Waals surface area (Å²) in [4.78, 5) is 33.3. The van der Waals surface area contributed by atoms with Crippen LogP contribution in [0.3, 0.4) is 0 Å². The van der Waals surface area contributed by atoms with Gasteiger partial charge in [0.2, 0.25) is 5.91 Å². The Morgan fingerprint density at radius 2 is 1.70 bits per heavy atom. The van der Waals surface area contributed by atoms with Crippen molar-refractivity contribution in [3.63, 3.8) is 0 Å². The monoisotopic (exact) mass is 406 g/mol. The highest BCUT2D eigenvalue weighted by Crippen LogP contribution is 2.30. The molecule has 0 fully saturated rings. The van der Waals surface area contributed by atoms with Gasteiger partial charge >= 0.3 is 12.0 Å². The molecule has 6 nitrogen and oxygen atoms in total. The SMILES string of the molecule is O=C(O)CCCC(=O)NC(=O)Nc1c(Br)cccc1Br. The van der Waals surface area contributed by atoms with Crippen LogP contribution in [0.15, 0.2) is 27.1 Å². The summed E-state index contributed by atoms with van der Waals surface area (Å²) in [6, 6.07) is 4.61. The van der Waals surface area contributed by atoms with Crippen LogP contribution in [-0.4, -0.2) is 23.0 Å². The molecule has 108 valence electrons. The second-order valence-corrected chi connectivity index (χ2v) is 5.55. The number of aliphatic carboxylic acids is 1. The highest BCUT2D eigenvalue weighted by molar-refractivity contribution is 9.11. The van der Waals surface area contributed by atoms with E-state index in [4.69, 9.17) is 5.11 Å². The fraction of sp³-hybridized carbons (Fsp3) is 0.250. The molecule has 20 heavy (non-hydrogen) atoms. The normalized spacial score (nSPS) is 9.90. The summed E-state index contributed by atoms with van der Waals surface area (Å²) in [6.45, 7) is 0. The van der Waals surface area contributed by atoms with Crippen LogP contribution < -0.4 is 10.6 Å². The minimum Gasteiger partial charge on any atom is -0.481 e. The topological polar surface area (TPSA) is 95.5 Å². The number of benzene rings is 1. The number of rotatable bonds is 5. The second kappa shape index (κ2) is 8.01. The van der Waals surface area contributed by atoms with E-state index < -0.39 is 17.9 Å². The van der Waals surface area contributed by atoms with E-state index in [9.17, 15) is 14.4 Å². The number of anilines is 1. The van der Waals surface area contributed by atoms with Crippen LogP contribution >= 0.6 is 31.9 Å². The van der Waals surface area contributed by atoms with Crippen LogP contribution in [0.5, 0.6) is 0 Å². The maximum Gasteiger partial charge on any atom is 0.325 e. The number of hydrogen-bond acceptors (Lipinski definition) is 3. The number of carboxylic acids is 1. The van der Waals surface area contributed by atoms with E-state index in [0.717, 1.165) is 0 Å². The van der Waals surface area contributed by atoms with Gasteiger partial charge in [-0.1, -0.05) is 6.07 Å². The zero-order chi connectivity index (χ0) is 15.1. The molecule has 1 aromatic rings. The largest absolute Gasteiger partial charge is 0.481 e. The number of halogens is 2. The third kappa shape index (κ3) is 5.70. The lowest BCUT2D eigenvalue weighted by Gasteiger charge is -2.10. The molecule has 0 aromatic heterocycles. The number of nitrogens with one attached hydrogen (secondary N) is 2. The first-order valence-electron chi connectivity index (χ1n) is 5.67. The smallest absolute Gasteiger partial charge is 0.325 e. The van der Waals surface area contributed by atoms with Crippen LogP contribution in [0.25, 0.3) is 0 Å². The predicted molar refractivity (Wildman–Crippen MR) is 80.5 cm³/mol. The van der Waals surface area contributed by atoms with Crippen LogP contribution in [0.4, 0.5) is 10.5 Å². The van der Waals surface area contributed by atoms with Gasteiger partial charge in [0.15, 0.2) is 0 Å². The molecule has 0 bridgehead atoms. The standard InChI is InChI=1S/C12H12Br2N2O4/c13-7-3-1-4-8(14)11(7)16-12(20)15-9(17)5-2-6-10(18)19/h1,3-4H,2,5-6H2,(H,18,19)(H2,15,16,17,20). The fourth-order valence-corrected chi connectivity index (χ4v) is 2.55. The van der Waals surface area contributed by atoms with Gasteiger partial charge in [-0.15, -0.1) is 0 Å². The Morgan fingerprint density at radius 3 is 2.25 bits per heavy atom. The molecule has 0 saturated carbocycles. The van der Waals surface area contributed by atoms with Crippen molar-refractivity contribution in [3.8, 4) is 0 Å². The van der Waals surface area contributed by atoms with Gasteiger partial charge in [-0.25, -0.2) is 4.79 Å². The number of urea groups is 1. The number of imide groups is 1. The molecule has 3 N–H and O–H groups in total. The van der Waals surface area contributed by atoms with Gasteiger partial charge in [-0.05, 0) is 50.4 Å². The van der Waals surface area contributed by atoms with Crippen LogP contribution in [0, 0.1) is 0 Å². The Bertz CT molecular complexity index is 514. The molecule has 0 aliphatic rings. The summed E-state index contributed by atoms with van der Waals surface area (Å²) in [5.41, 5.74) is 0.503. The van der Waals surface area contributed by atoms with Crippen molar-refractivity contribution in [2.24, 2.45) is 0 Å². The molecule has 0 spiro atoms. The summed E-state index contributed by atoms with van der Waals surface area (Å²) in [7, 11) is 0. The van der Waals surface area contributed by atoms with Gasteiger partial charge < -0.3 is 10.4 Å². The van der Waals surface area contributed by atoms with Crippen molar-refractivity contribution >= 4 is 55.5 Å². The fourth-order valence-electron chi connectivity index (χ4n) is 1.35. The summed E-state index contributed by atoms with van der Waals surface area (Å²) >= 11 is 6.55. The zero-order valence-electron chi connectivity index (χ0n) is 10.3. The maximum absolute atomic E-state index is 11.6. The van der Waals surface area contributed by atoms with Gasteiger partial charge in [0.25, 0.3) is 0 Å². The summed E-state index contributed by atoms with van der Waals surface area (Å²) < 4.78 is 1.33. The lowest BCUT2D eigenvalue weighted by molar-refractivity contribution is -0.137. The zero-order valence-corrected chi connectivity index (χ0v) is 13.5. The molecule has 1 aromatic carbocycles. The summed E-state index contributed by atoms with van der Waals surface area (Å²) in [5, 5.41) is 13.1. The van der Waals surface area contributed by atoms with E-state index in [1.807, 2.05) is 0 Å². The van der Waals surface area contributed by atoms with E-state index in [0.29, 0.717) is 14.6 Å². The van der Waals surface area contributed by atoms with E-state index >= 15 is 0 Å². The van der Waals surface area contributed by atoms with Crippen molar-refractivity contribution in [1.29, 1.82) is 0 Å². The van der Waals surface area contributed by atoms with Gasteiger partial charge in [-0.2, -0.15) is 0 Å². The van der Waals surface area contributed by atoms with Gasteiger partial charge in [-0.3, -0.25) is 14.9 Å². The molecule has 0 heterocycles. The van der Waals surface area contributed by atoms with Gasteiger partial charge in [0.05, 0.1) is 5.69 Å². The van der Waals surface area contributed by atoms with Crippen LogP contribution in [0.1, 0.15) is 19.3 Å². The molecule has 3 amide bonds. The Balaban J connectivity index is 2.47. The number of carboxylic acid groups (broad SMARTS) is 1. The molecule has 0 radical (unpaired) electrons. The minimum atomic E-state index is -0.973. The predicted octanol–water partition coefficient (Wildman–Crippen LogP) is 3.11. The van der Waals surface area contributed by atoms with Crippen LogP contribution in [-0.2, 0) is 9.59 Å². The molecule has 8 heteroatoms. The van der Waals surface area contributed by atoms with Crippen molar-refractivity contribution in [2.75, 3.05) is 5.32 Å². The minimum absolute atomic E-state index is 0.0170. The third-order valence-corrected chi connectivity index (χ3v) is 3.57. The number of carbonyl (C=O) groups excluding carboxylic acids is 2. The molecule has 1 rings (SSSR count). The second-order valence-electron chi connectivity index (χ2n) is 3.85. The molecule has 0 saturated heterocycles. The number of hydrogen-bond donors (Lipinski definition) is 3. The Kier molecular flexibility index (Phi) is 6.66. The quantitative estimate of drug-likeness (QED) is 0.698. The Labute approximate surface area is 132 Å². The van der Waals surface area contributed by atoms with Crippen LogP contribution in [0.2, 0.25) is 0 Å². The molecule has 0 aliphatic carbocycles. The van der Waals surface area contributed by atoms with Crippen molar-refractivity contribution in [1.82, 2.24) is 5.32 Å². The highest BCUT2D eigenvalue weighted by atomic mass is 79.9. The van der Waals surface area contributed by atoms with Crippen molar-refractivity contribution in [3.05, 3.63) is 27.1 Å². The average molecular weight is 408 g/mol. The lowest BCUT2D eigenvalue weighted by atomic mass is 10.2.